The third-order valence-electron chi connectivity index (χ3n) is 4.18. The quantitative estimate of drug-likeness (QED) is 0.728. The zero-order valence-electron chi connectivity index (χ0n) is 15.4. The van der Waals surface area contributed by atoms with E-state index in [-0.39, 0.29) is 30.7 Å². The zero-order chi connectivity index (χ0) is 19.2. The lowest BCUT2D eigenvalue weighted by Crippen LogP contribution is -2.35. The molecule has 0 atom stereocenters. The first-order valence-corrected chi connectivity index (χ1v) is 8.80. The van der Waals surface area contributed by atoms with Gasteiger partial charge in [-0.2, -0.15) is 0 Å². The summed E-state index contributed by atoms with van der Waals surface area (Å²) in [4.78, 5) is 27.0. The molecule has 0 aliphatic carbocycles. The topological polar surface area (TPSA) is 67.9 Å². The molecule has 2 aromatic rings. The summed E-state index contributed by atoms with van der Waals surface area (Å²) in [6.07, 6.45) is 0. The Labute approximate surface area is 158 Å². The van der Waals surface area contributed by atoms with Crippen molar-refractivity contribution in [1.82, 2.24) is 4.90 Å². The lowest BCUT2D eigenvalue weighted by Gasteiger charge is -2.14. The molecule has 1 aliphatic heterocycles. The Morgan fingerprint density at radius 1 is 0.963 bits per heavy atom. The summed E-state index contributed by atoms with van der Waals surface area (Å²) < 4.78 is 10.5. The summed E-state index contributed by atoms with van der Waals surface area (Å²) in [6.45, 7) is 2.99. The number of anilines is 1. The van der Waals surface area contributed by atoms with E-state index < -0.39 is 0 Å². The Morgan fingerprint density at radius 3 is 2.30 bits per heavy atom. The standard InChI is InChI=1S/C21H22N2O4/c1-3-27-17-11-9-16(10-12-17)22-19-18(15-7-5-4-6-8-15)20(24)23(21(19)25)13-14-26-2/h4-12,22H,3,13-14H2,1-2H3. The SMILES string of the molecule is CCOc1ccc(NC2=C(c3ccccc3)C(=O)N(CCOC)C2=O)cc1. The summed E-state index contributed by atoms with van der Waals surface area (Å²) >= 11 is 0. The maximum atomic E-state index is 12.9. The number of carbonyl (C=O) groups excluding carboxylic acids is 2. The fraction of sp³-hybridized carbons (Fsp3) is 0.238. The van der Waals surface area contributed by atoms with Crippen LogP contribution in [0.15, 0.2) is 60.3 Å². The second-order valence-corrected chi connectivity index (χ2v) is 5.95. The molecule has 1 heterocycles. The summed E-state index contributed by atoms with van der Waals surface area (Å²) in [6, 6.07) is 16.5. The first-order chi connectivity index (χ1) is 13.2. The van der Waals surface area contributed by atoms with Crippen molar-refractivity contribution >= 4 is 23.1 Å². The Kier molecular flexibility index (Phi) is 5.88. The number of nitrogens with one attached hydrogen (secondary N) is 1. The van der Waals surface area contributed by atoms with Crippen molar-refractivity contribution in [1.29, 1.82) is 0 Å². The van der Waals surface area contributed by atoms with Gasteiger partial charge >= 0.3 is 0 Å². The van der Waals surface area contributed by atoms with Crippen molar-refractivity contribution in [2.75, 3.05) is 32.2 Å². The molecule has 3 rings (SSSR count). The Balaban J connectivity index is 1.94. The van der Waals surface area contributed by atoms with Crippen molar-refractivity contribution in [2.24, 2.45) is 0 Å². The van der Waals surface area contributed by atoms with Gasteiger partial charge in [0.15, 0.2) is 0 Å². The van der Waals surface area contributed by atoms with E-state index in [1.807, 2.05) is 61.5 Å². The Morgan fingerprint density at radius 2 is 1.67 bits per heavy atom. The molecule has 1 aliphatic rings. The number of hydrogen-bond acceptors (Lipinski definition) is 5. The molecule has 27 heavy (non-hydrogen) atoms. The first-order valence-electron chi connectivity index (χ1n) is 8.80. The van der Waals surface area contributed by atoms with Crippen molar-refractivity contribution in [3.05, 3.63) is 65.9 Å². The minimum atomic E-state index is -0.357. The maximum absolute atomic E-state index is 12.9. The van der Waals surface area contributed by atoms with E-state index in [4.69, 9.17) is 9.47 Å². The van der Waals surface area contributed by atoms with Crippen LogP contribution in [0, 0.1) is 0 Å². The third kappa shape index (κ3) is 4.01. The monoisotopic (exact) mass is 366 g/mol. The Bertz CT molecular complexity index is 844. The van der Waals surface area contributed by atoms with Crippen molar-refractivity contribution in [3.63, 3.8) is 0 Å². The van der Waals surface area contributed by atoms with E-state index in [1.54, 1.807) is 0 Å². The Hall–Kier alpha value is -3.12. The molecule has 140 valence electrons. The number of benzene rings is 2. The highest BCUT2D eigenvalue weighted by Gasteiger charge is 2.38. The van der Waals surface area contributed by atoms with E-state index >= 15 is 0 Å². The molecule has 6 nitrogen and oxygen atoms in total. The predicted octanol–water partition coefficient (Wildman–Crippen LogP) is 2.92. The van der Waals surface area contributed by atoms with Crippen LogP contribution in [0.5, 0.6) is 5.75 Å². The fourth-order valence-electron chi connectivity index (χ4n) is 2.90. The van der Waals surface area contributed by atoms with Crippen LogP contribution in [-0.2, 0) is 14.3 Å². The normalized spacial score (nSPS) is 14.1. The molecular formula is C21H22N2O4. The van der Waals surface area contributed by atoms with E-state index in [0.29, 0.717) is 23.4 Å². The third-order valence-corrected chi connectivity index (χ3v) is 4.18. The van der Waals surface area contributed by atoms with Crippen LogP contribution in [0.1, 0.15) is 12.5 Å². The van der Waals surface area contributed by atoms with Crippen LogP contribution in [0.4, 0.5) is 5.69 Å². The van der Waals surface area contributed by atoms with Crippen LogP contribution >= 0.6 is 0 Å². The van der Waals surface area contributed by atoms with E-state index in [2.05, 4.69) is 5.32 Å². The van der Waals surface area contributed by atoms with Gasteiger partial charge < -0.3 is 14.8 Å². The largest absolute Gasteiger partial charge is 0.494 e. The molecule has 6 heteroatoms. The number of carbonyl (C=O) groups is 2. The van der Waals surface area contributed by atoms with Crippen LogP contribution in [-0.4, -0.2) is 43.6 Å². The van der Waals surface area contributed by atoms with E-state index in [1.165, 1.54) is 12.0 Å². The van der Waals surface area contributed by atoms with Gasteiger partial charge in [-0.3, -0.25) is 14.5 Å². The van der Waals surface area contributed by atoms with E-state index in [9.17, 15) is 9.59 Å². The lowest BCUT2D eigenvalue weighted by molar-refractivity contribution is -0.137. The summed E-state index contributed by atoms with van der Waals surface area (Å²) in [5.41, 5.74) is 2.04. The highest BCUT2D eigenvalue weighted by molar-refractivity contribution is 6.36. The average molecular weight is 366 g/mol. The van der Waals surface area contributed by atoms with Crippen LogP contribution in [0.25, 0.3) is 5.57 Å². The molecule has 0 radical (unpaired) electrons. The summed E-state index contributed by atoms with van der Waals surface area (Å²) in [5.74, 6) is 0.0670. The number of hydrogen-bond donors (Lipinski definition) is 1. The van der Waals surface area contributed by atoms with Crippen LogP contribution < -0.4 is 10.1 Å². The number of nitrogens with zero attached hydrogens (tertiary/aromatic N) is 1. The number of rotatable bonds is 8. The molecule has 2 amide bonds. The summed E-state index contributed by atoms with van der Waals surface area (Å²) in [7, 11) is 1.54. The molecule has 0 saturated carbocycles. The minimum absolute atomic E-state index is 0.207. The van der Waals surface area contributed by atoms with Gasteiger partial charge in [0.1, 0.15) is 11.4 Å². The number of ether oxygens (including phenoxy) is 2. The number of imide groups is 1. The minimum Gasteiger partial charge on any atom is -0.494 e. The highest BCUT2D eigenvalue weighted by Crippen LogP contribution is 2.30. The smallest absolute Gasteiger partial charge is 0.278 e. The maximum Gasteiger partial charge on any atom is 0.278 e. The van der Waals surface area contributed by atoms with Gasteiger partial charge in [-0.25, -0.2) is 0 Å². The van der Waals surface area contributed by atoms with E-state index in [0.717, 1.165) is 5.75 Å². The molecule has 0 bridgehead atoms. The number of methoxy groups -OCH3 is 1. The van der Waals surface area contributed by atoms with Gasteiger partial charge in [-0.15, -0.1) is 0 Å². The van der Waals surface area contributed by atoms with Crippen molar-refractivity contribution in [2.45, 2.75) is 6.92 Å². The molecule has 0 unspecified atom stereocenters. The van der Waals surface area contributed by atoms with Gasteiger partial charge in [-0.05, 0) is 36.8 Å². The molecule has 2 aromatic carbocycles. The molecule has 0 spiro atoms. The average Bonchev–Trinajstić information content (AvgIpc) is 2.92. The van der Waals surface area contributed by atoms with Gasteiger partial charge in [0.05, 0.1) is 25.3 Å². The van der Waals surface area contributed by atoms with Crippen LogP contribution in [0.3, 0.4) is 0 Å². The van der Waals surface area contributed by atoms with Gasteiger partial charge in [-0.1, -0.05) is 30.3 Å². The second kappa shape index (κ2) is 8.51. The highest BCUT2D eigenvalue weighted by atomic mass is 16.5. The van der Waals surface area contributed by atoms with Crippen molar-refractivity contribution in [3.8, 4) is 5.75 Å². The molecule has 1 N–H and O–H groups in total. The number of amides is 2. The van der Waals surface area contributed by atoms with Gasteiger partial charge in [0.25, 0.3) is 11.8 Å². The second-order valence-electron chi connectivity index (χ2n) is 5.95. The fourth-order valence-corrected chi connectivity index (χ4v) is 2.90. The van der Waals surface area contributed by atoms with Crippen molar-refractivity contribution < 1.29 is 19.1 Å². The van der Waals surface area contributed by atoms with Gasteiger partial charge in [0.2, 0.25) is 0 Å². The van der Waals surface area contributed by atoms with Crippen LogP contribution in [0.2, 0.25) is 0 Å². The zero-order valence-corrected chi connectivity index (χ0v) is 15.4. The first kappa shape index (κ1) is 18.7. The molecular weight excluding hydrogens is 344 g/mol. The lowest BCUT2D eigenvalue weighted by atomic mass is 10.0. The molecule has 0 saturated heterocycles. The predicted molar refractivity (Wildman–Crippen MR) is 103 cm³/mol. The molecule has 0 fully saturated rings. The van der Waals surface area contributed by atoms with Gasteiger partial charge in [0, 0.05) is 12.8 Å². The molecule has 0 aromatic heterocycles. The summed E-state index contributed by atoms with van der Waals surface area (Å²) in [5, 5.41) is 3.12.